The average molecular weight is 224 g/mol. The predicted octanol–water partition coefficient (Wildman–Crippen LogP) is 2.31. The van der Waals surface area contributed by atoms with Gasteiger partial charge in [-0.1, -0.05) is 0 Å². The van der Waals surface area contributed by atoms with Crippen LogP contribution in [0.3, 0.4) is 0 Å². The van der Waals surface area contributed by atoms with E-state index < -0.39 is 0 Å². The maximum absolute atomic E-state index is 5.81. The third-order valence-corrected chi connectivity index (χ3v) is 2.83. The van der Waals surface area contributed by atoms with E-state index in [1.165, 1.54) is 0 Å². The Kier molecular flexibility index (Phi) is 2.08. The number of fused-ring (bicyclic) bond motifs is 1. The number of aryl methyl sites for hydroxylation is 1. The lowest BCUT2D eigenvalue weighted by molar-refractivity contribution is 0.894. The summed E-state index contributed by atoms with van der Waals surface area (Å²) in [5, 5.41) is 5.46. The lowest BCUT2D eigenvalue weighted by Gasteiger charge is -2.06. The highest BCUT2D eigenvalue weighted by Gasteiger charge is 2.07. The van der Waals surface area contributed by atoms with Gasteiger partial charge in [0.25, 0.3) is 0 Å². The molecular weight excluding hydrogens is 212 g/mol. The largest absolute Gasteiger partial charge is 0.399 e. The molecule has 2 heterocycles. The molecule has 0 atom stereocenters. The van der Waals surface area contributed by atoms with Crippen molar-refractivity contribution < 1.29 is 0 Å². The molecule has 0 aliphatic rings. The molecule has 0 unspecified atom stereocenters. The van der Waals surface area contributed by atoms with Crippen LogP contribution in [0.1, 0.15) is 5.56 Å². The first kappa shape index (κ1) is 9.84. The minimum absolute atomic E-state index is 0.737. The molecule has 0 aliphatic heterocycles. The van der Waals surface area contributed by atoms with Crippen LogP contribution < -0.4 is 5.73 Å². The van der Waals surface area contributed by atoms with Gasteiger partial charge in [-0.25, -0.2) is 4.68 Å². The highest BCUT2D eigenvalue weighted by molar-refractivity contribution is 5.83. The van der Waals surface area contributed by atoms with Gasteiger partial charge in [0.2, 0.25) is 0 Å². The van der Waals surface area contributed by atoms with Gasteiger partial charge in [0.1, 0.15) is 0 Å². The van der Waals surface area contributed by atoms with Gasteiger partial charge in [0, 0.05) is 17.3 Å². The molecule has 0 bridgehead atoms. The summed E-state index contributed by atoms with van der Waals surface area (Å²) >= 11 is 0. The molecule has 1 aromatic carbocycles. The van der Waals surface area contributed by atoms with E-state index in [-0.39, 0.29) is 0 Å². The zero-order valence-corrected chi connectivity index (χ0v) is 9.46. The van der Waals surface area contributed by atoms with E-state index in [1.807, 2.05) is 48.3 Å². The van der Waals surface area contributed by atoms with E-state index in [0.717, 1.165) is 27.8 Å². The first-order valence-corrected chi connectivity index (χ1v) is 5.40. The number of nitrogens with two attached hydrogens (primary N) is 1. The first-order chi connectivity index (χ1) is 8.25. The molecule has 0 aliphatic carbocycles. The average Bonchev–Trinajstić information content (AvgIpc) is 2.72. The Morgan fingerprint density at radius 1 is 1.18 bits per heavy atom. The monoisotopic (exact) mass is 224 g/mol. The van der Waals surface area contributed by atoms with Gasteiger partial charge in [-0.2, -0.15) is 5.10 Å². The Morgan fingerprint density at radius 2 is 2.06 bits per heavy atom. The molecule has 0 radical (unpaired) electrons. The minimum atomic E-state index is 0.737. The standard InChI is InChI=1S/C13H12N4/c1-9-4-5-15-8-13(9)17-12-6-11(14)3-2-10(12)7-16-17/h2-8H,14H2,1H3. The number of nitrogens with zero attached hydrogens (tertiary/aromatic N) is 3. The van der Waals surface area contributed by atoms with Crippen LogP contribution in [0.4, 0.5) is 5.69 Å². The number of anilines is 1. The highest BCUT2D eigenvalue weighted by atomic mass is 15.3. The van der Waals surface area contributed by atoms with Crippen molar-refractivity contribution in [3.8, 4) is 5.69 Å². The van der Waals surface area contributed by atoms with E-state index in [4.69, 9.17) is 5.73 Å². The topological polar surface area (TPSA) is 56.7 Å². The van der Waals surface area contributed by atoms with Crippen LogP contribution >= 0.6 is 0 Å². The predicted molar refractivity (Wildman–Crippen MR) is 68.0 cm³/mol. The third-order valence-electron chi connectivity index (χ3n) is 2.83. The van der Waals surface area contributed by atoms with Gasteiger partial charge < -0.3 is 5.73 Å². The van der Waals surface area contributed by atoms with E-state index in [9.17, 15) is 0 Å². The SMILES string of the molecule is Cc1ccncc1-n1ncc2ccc(N)cc21. The maximum atomic E-state index is 5.81. The molecular formula is C13H12N4. The van der Waals surface area contributed by atoms with Crippen molar-refractivity contribution in [2.45, 2.75) is 6.92 Å². The number of rotatable bonds is 1. The molecule has 17 heavy (non-hydrogen) atoms. The van der Waals surface area contributed by atoms with Gasteiger partial charge in [-0.15, -0.1) is 0 Å². The fraction of sp³-hybridized carbons (Fsp3) is 0.0769. The van der Waals surface area contributed by atoms with Crippen molar-refractivity contribution in [1.82, 2.24) is 14.8 Å². The first-order valence-electron chi connectivity index (χ1n) is 5.40. The molecule has 3 aromatic rings. The Labute approximate surface area is 98.7 Å². The summed E-state index contributed by atoms with van der Waals surface area (Å²) in [6, 6.07) is 7.74. The second-order valence-electron chi connectivity index (χ2n) is 4.04. The van der Waals surface area contributed by atoms with Crippen LogP contribution in [-0.2, 0) is 0 Å². The number of hydrogen-bond acceptors (Lipinski definition) is 3. The zero-order chi connectivity index (χ0) is 11.8. The summed E-state index contributed by atoms with van der Waals surface area (Å²) in [4.78, 5) is 4.14. The Bertz CT molecular complexity index is 685. The normalized spacial score (nSPS) is 10.9. The molecule has 2 N–H and O–H groups in total. The summed E-state index contributed by atoms with van der Waals surface area (Å²) < 4.78 is 1.87. The maximum Gasteiger partial charge on any atom is 0.0865 e. The lowest BCUT2D eigenvalue weighted by atomic mass is 10.2. The van der Waals surface area contributed by atoms with Gasteiger partial charge >= 0.3 is 0 Å². The van der Waals surface area contributed by atoms with Crippen LogP contribution in [-0.4, -0.2) is 14.8 Å². The van der Waals surface area contributed by atoms with Crippen molar-refractivity contribution in [2.75, 3.05) is 5.73 Å². The van der Waals surface area contributed by atoms with Gasteiger partial charge in [0.05, 0.1) is 23.6 Å². The van der Waals surface area contributed by atoms with Crippen molar-refractivity contribution >= 4 is 16.6 Å². The smallest absolute Gasteiger partial charge is 0.0865 e. The van der Waals surface area contributed by atoms with E-state index >= 15 is 0 Å². The van der Waals surface area contributed by atoms with E-state index in [1.54, 1.807) is 6.20 Å². The molecule has 4 nitrogen and oxygen atoms in total. The van der Waals surface area contributed by atoms with Crippen LogP contribution in [0, 0.1) is 6.92 Å². The summed E-state index contributed by atoms with van der Waals surface area (Å²) in [6.45, 7) is 2.04. The van der Waals surface area contributed by atoms with Crippen LogP contribution in [0.25, 0.3) is 16.6 Å². The second-order valence-corrected chi connectivity index (χ2v) is 4.04. The van der Waals surface area contributed by atoms with Crippen LogP contribution in [0.15, 0.2) is 42.9 Å². The Balaban J connectivity index is 2.31. The molecule has 4 heteroatoms. The van der Waals surface area contributed by atoms with Crippen molar-refractivity contribution in [3.63, 3.8) is 0 Å². The van der Waals surface area contributed by atoms with Gasteiger partial charge in [-0.3, -0.25) is 4.98 Å². The molecule has 0 saturated carbocycles. The molecule has 0 spiro atoms. The van der Waals surface area contributed by atoms with Gasteiger partial charge in [0.15, 0.2) is 0 Å². The van der Waals surface area contributed by atoms with Crippen LogP contribution in [0.5, 0.6) is 0 Å². The summed E-state index contributed by atoms with van der Waals surface area (Å²) in [5.74, 6) is 0. The molecule has 3 rings (SSSR count). The fourth-order valence-corrected chi connectivity index (χ4v) is 1.90. The zero-order valence-electron chi connectivity index (χ0n) is 9.46. The summed E-state index contributed by atoms with van der Waals surface area (Å²) in [6.07, 6.45) is 5.42. The van der Waals surface area contributed by atoms with E-state index in [2.05, 4.69) is 10.1 Å². The second kappa shape index (κ2) is 3.59. The van der Waals surface area contributed by atoms with E-state index in [0.29, 0.717) is 0 Å². The van der Waals surface area contributed by atoms with Crippen molar-refractivity contribution in [3.05, 3.63) is 48.4 Å². The summed E-state index contributed by atoms with van der Waals surface area (Å²) in [7, 11) is 0. The summed E-state index contributed by atoms with van der Waals surface area (Å²) in [5.41, 5.74) is 9.66. The number of nitrogen functional groups attached to an aromatic ring is 1. The molecule has 84 valence electrons. The molecule has 2 aromatic heterocycles. The highest BCUT2D eigenvalue weighted by Crippen LogP contribution is 2.21. The molecule has 0 fully saturated rings. The number of aromatic nitrogens is 3. The van der Waals surface area contributed by atoms with Crippen molar-refractivity contribution in [1.29, 1.82) is 0 Å². The Hall–Kier alpha value is -2.36. The minimum Gasteiger partial charge on any atom is -0.399 e. The number of benzene rings is 1. The van der Waals surface area contributed by atoms with Crippen molar-refractivity contribution in [2.24, 2.45) is 0 Å². The molecule has 0 amide bonds. The Morgan fingerprint density at radius 3 is 2.88 bits per heavy atom. The fourth-order valence-electron chi connectivity index (χ4n) is 1.90. The molecule has 0 saturated heterocycles. The van der Waals surface area contributed by atoms with Crippen LogP contribution in [0.2, 0.25) is 0 Å². The number of hydrogen-bond donors (Lipinski definition) is 1. The third kappa shape index (κ3) is 1.54. The van der Waals surface area contributed by atoms with Gasteiger partial charge in [-0.05, 0) is 36.8 Å². The number of pyridine rings is 1. The lowest BCUT2D eigenvalue weighted by Crippen LogP contribution is -1.99. The quantitative estimate of drug-likeness (QED) is 0.645.